The molecule has 2 rings (SSSR count). The molecule has 0 aliphatic heterocycles. The smallest absolute Gasteiger partial charge is 0.243 e. The molecule has 7 heteroatoms. The van der Waals surface area contributed by atoms with Gasteiger partial charge in [0.1, 0.15) is 5.75 Å². The maximum Gasteiger partial charge on any atom is 0.243 e. The van der Waals surface area contributed by atoms with Crippen molar-refractivity contribution in [2.45, 2.75) is 32.9 Å². The lowest BCUT2D eigenvalue weighted by Crippen LogP contribution is -2.09. The predicted molar refractivity (Wildman–Crippen MR) is 78.1 cm³/mol. The fraction of sp³-hybridized carbons (Fsp3) is 0.462. The number of ether oxygens (including phenoxy) is 1. The molecule has 0 radical (unpaired) electrons. The molecule has 1 heterocycles. The number of tetrazole rings is 1. The van der Waals surface area contributed by atoms with Crippen LogP contribution in [0.5, 0.6) is 5.75 Å². The standard InChI is InChI=1S/C13H18ClN5O/c1-3-4-7-19-13(16-17-18-19)15-9-10-8-11(14)5-6-12(10)20-2/h5-6,8H,3-4,7,9H2,1-2H3,(H,15,16,18). The van der Waals surface area contributed by atoms with Gasteiger partial charge < -0.3 is 10.1 Å². The highest BCUT2D eigenvalue weighted by molar-refractivity contribution is 6.30. The lowest BCUT2D eigenvalue weighted by molar-refractivity contribution is 0.410. The zero-order valence-corrected chi connectivity index (χ0v) is 12.4. The number of hydrogen-bond acceptors (Lipinski definition) is 5. The van der Waals surface area contributed by atoms with Gasteiger partial charge in [0.2, 0.25) is 5.95 Å². The van der Waals surface area contributed by atoms with E-state index in [1.54, 1.807) is 17.9 Å². The van der Waals surface area contributed by atoms with E-state index in [0.717, 1.165) is 30.7 Å². The van der Waals surface area contributed by atoms with E-state index >= 15 is 0 Å². The van der Waals surface area contributed by atoms with Gasteiger partial charge in [-0.15, -0.1) is 0 Å². The molecule has 20 heavy (non-hydrogen) atoms. The SMILES string of the molecule is CCCCn1nnnc1NCc1cc(Cl)ccc1OC. The Kier molecular flexibility index (Phi) is 5.17. The summed E-state index contributed by atoms with van der Waals surface area (Å²) in [5.74, 6) is 1.44. The summed E-state index contributed by atoms with van der Waals surface area (Å²) in [5.41, 5.74) is 0.963. The fourth-order valence-corrected chi connectivity index (χ4v) is 2.04. The Morgan fingerprint density at radius 2 is 2.25 bits per heavy atom. The molecule has 0 spiro atoms. The van der Waals surface area contributed by atoms with E-state index in [9.17, 15) is 0 Å². The monoisotopic (exact) mass is 295 g/mol. The van der Waals surface area contributed by atoms with Crippen LogP contribution in [0, 0.1) is 0 Å². The van der Waals surface area contributed by atoms with Crippen molar-refractivity contribution < 1.29 is 4.74 Å². The Morgan fingerprint density at radius 3 is 3.00 bits per heavy atom. The number of rotatable bonds is 7. The quantitative estimate of drug-likeness (QED) is 0.851. The topological polar surface area (TPSA) is 64.9 Å². The van der Waals surface area contributed by atoms with Crippen molar-refractivity contribution in [1.82, 2.24) is 20.2 Å². The normalized spacial score (nSPS) is 10.6. The molecule has 2 aromatic rings. The highest BCUT2D eigenvalue weighted by Crippen LogP contribution is 2.23. The Bertz CT molecular complexity index is 557. The molecule has 0 fully saturated rings. The summed E-state index contributed by atoms with van der Waals surface area (Å²) in [5, 5.41) is 15.5. The van der Waals surface area contributed by atoms with E-state index in [0.29, 0.717) is 17.5 Å². The van der Waals surface area contributed by atoms with E-state index < -0.39 is 0 Å². The molecular weight excluding hydrogens is 278 g/mol. The average molecular weight is 296 g/mol. The van der Waals surface area contributed by atoms with E-state index in [-0.39, 0.29) is 0 Å². The summed E-state index contributed by atoms with van der Waals surface area (Å²) in [6.07, 6.45) is 2.14. The molecule has 0 atom stereocenters. The predicted octanol–water partition coefficient (Wildman–Crippen LogP) is 2.75. The number of methoxy groups -OCH3 is 1. The van der Waals surface area contributed by atoms with Crippen molar-refractivity contribution in [2.24, 2.45) is 0 Å². The Hall–Kier alpha value is -1.82. The Balaban J connectivity index is 2.05. The fourth-order valence-electron chi connectivity index (χ4n) is 1.85. The number of halogens is 1. The van der Waals surface area contributed by atoms with Crippen LogP contribution in [0.25, 0.3) is 0 Å². The minimum Gasteiger partial charge on any atom is -0.496 e. The van der Waals surface area contributed by atoms with Gasteiger partial charge in [0, 0.05) is 23.7 Å². The molecule has 0 saturated heterocycles. The first-order valence-electron chi connectivity index (χ1n) is 6.57. The number of benzene rings is 1. The van der Waals surface area contributed by atoms with E-state index in [4.69, 9.17) is 16.3 Å². The van der Waals surface area contributed by atoms with Gasteiger partial charge in [-0.25, -0.2) is 4.68 Å². The maximum atomic E-state index is 6.01. The second-order valence-electron chi connectivity index (χ2n) is 4.39. The Morgan fingerprint density at radius 1 is 1.40 bits per heavy atom. The minimum absolute atomic E-state index is 0.552. The average Bonchev–Trinajstić information content (AvgIpc) is 2.90. The number of nitrogens with zero attached hydrogens (tertiary/aromatic N) is 4. The number of unbranched alkanes of at least 4 members (excludes halogenated alkanes) is 1. The number of hydrogen-bond donors (Lipinski definition) is 1. The molecule has 1 aromatic heterocycles. The van der Waals surface area contributed by atoms with Crippen molar-refractivity contribution >= 4 is 17.5 Å². The first-order chi connectivity index (χ1) is 9.74. The van der Waals surface area contributed by atoms with Crippen LogP contribution in [0.15, 0.2) is 18.2 Å². The first kappa shape index (κ1) is 14.6. The van der Waals surface area contributed by atoms with Crippen molar-refractivity contribution in [3.05, 3.63) is 28.8 Å². The van der Waals surface area contributed by atoms with Crippen LogP contribution in [0.1, 0.15) is 25.3 Å². The first-order valence-corrected chi connectivity index (χ1v) is 6.95. The second kappa shape index (κ2) is 7.09. The van der Waals surface area contributed by atoms with Crippen molar-refractivity contribution in [3.8, 4) is 5.75 Å². The summed E-state index contributed by atoms with van der Waals surface area (Å²) in [6, 6.07) is 5.52. The molecule has 0 saturated carbocycles. The lowest BCUT2D eigenvalue weighted by Gasteiger charge is -2.10. The van der Waals surface area contributed by atoms with Crippen molar-refractivity contribution in [1.29, 1.82) is 0 Å². The van der Waals surface area contributed by atoms with E-state index in [1.165, 1.54) is 0 Å². The molecule has 108 valence electrons. The number of nitrogens with one attached hydrogen (secondary N) is 1. The van der Waals surface area contributed by atoms with E-state index in [1.807, 2.05) is 12.1 Å². The second-order valence-corrected chi connectivity index (χ2v) is 4.83. The molecule has 6 nitrogen and oxygen atoms in total. The molecule has 0 unspecified atom stereocenters. The number of aromatic nitrogens is 4. The lowest BCUT2D eigenvalue weighted by atomic mass is 10.2. The molecule has 0 amide bonds. The summed E-state index contributed by atoms with van der Waals surface area (Å²) in [7, 11) is 1.64. The number of aryl methyl sites for hydroxylation is 1. The molecule has 0 aliphatic rings. The summed E-state index contributed by atoms with van der Waals surface area (Å²) >= 11 is 6.01. The van der Waals surface area contributed by atoms with Crippen LogP contribution in [0.4, 0.5) is 5.95 Å². The van der Waals surface area contributed by atoms with Crippen LogP contribution in [0.3, 0.4) is 0 Å². The van der Waals surface area contributed by atoms with Crippen LogP contribution in [-0.2, 0) is 13.1 Å². The van der Waals surface area contributed by atoms with Gasteiger partial charge in [-0.05, 0) is 35.0 Å². The van der Waals surface area contributed by atoms with Gasteiger partial charge in [-0.3, -0.25) is 0 Å². The third-order valence-electron chi connectivity index (χ3n) is 2.93. The van der Waals surface area contributed by atoms with Crippen LogP contribution < -0.4 is 10.1 Å². The largest absolute Gasteiger partial charge is 0.496 e. The zero-order valence-electron chi connectivity index (χ0n) is 11.6. The van der Waals surface area contributed by atoms with Crippen LogP contribution in [0.2, 0.25) is 5.02 Å². The number of anilines is 1. The molecule has 0 bridgehead atoms. The Labute approximate surface area is 123 Å². The van der Waals surface area contributed by atoms with Crippen LogP contribution >= 0.6 is 11.6 Å². The van der Waals surface area contributed by atoms with Gasteiger partial charge in [0.15, 0.2) is 0 Å². The van der Waals surface area contributed by atoms with Gasteiger partial charge in [-0.2, -0.15) is 0 Å². The highest BCUT2D eigenvalue weighted by atomic mass is 35.5. The van der Waals surface area contributed by atoms with Crippen molar-refractivity contribution in [3.63, 3.8) is 0 Å². The van der Waals surface area contributed by atoms with Gasteiger partial charge >= 0.3 is 0 Å². The third kappa shape index (κ3) is 3.60. The van der Waals surface area contributed by atoms with Gasteiger partial charge in [0.25, 0.3) is 0 Å². The third-order valence-corrected chi connectivity index (χ3v) is 3.17. The molecule has 1 aromatic carbocycles. The zero-order chi connectivity index (χ0) is 14.4. The van der Waals surface area contributed by atoms with Crippen LogP contribution in [-0.4, -0.2) is 27.3 Å². The highest BCUT2D eigenvalue weighted by Gasteiger charge is 2.08. The molecular formula is C13H18ClN5O. The summed E-state index contributed by atoms with van der Waals surface area (Å²) in [4.78, 5) is 0. The van der Waals surface area contributed by atoms with Crippen molar-refractivity contribution in [2.75, 3.05) is 12.4 Å². The van der Waals surface area contributed by atoms with Gasteiger partial charge in [0.05, 0.1) is 7.11 Å². The summed E-state index contributed by atoms with van der Waals surface area (Å²) in [6.45, 7) is 3.49. The van der Waals surface area contributed by atoms with E-state index in [2.05, 4.69) is 27.8 Å². The minimum atomic E-state index is 0.552. The summed E-state index contributed by atoms with van der Waals surface area (Å²) < 4.78 is 7.07. The maximum absolute atomic E-state index is 6.01. The van der Waals surface area contributed by atoms with Gasteiger partial charge in [-0.1, -0.05) is 30.0 Å². The molecule has 0 aliphatic carbocycles. The molecule has 1 N–H and O–H groups in total.